The first-order chi connectivity index (χ1) is 11.0. The molecule has 2 aromatic rings. The highest BCUT2D eigenvalue weighted by Gasteiger charge is 2.26. The molecule has 120 valence electrons. The Morgan fingerprint density at radius 2 is 1.87 bits per heavy atom. The molecule has 0 radical (unpaired) electrons. The van der Waals surface area contributed by atoms with Crippen LogP contribution in [0.4, 0.5) is 17.6 Å². The van der Waals surface area contributed by atoms with Crippen LogP contribution in [0.3, 0.4) is 0 Å². The predicted octanol–water partition coefficient (Wildman–Crippen LogP) is 3.50. The minimum Gasteiger partial charge on any atom is -0.493 e. The summed E-state index contributed by atoms with van der Waals surface area (Å²) in [4.78, 5) is 12.1. The number of hydrogen-bond acceptors (Lipinski definition) is 2. The number of benzene rings is 2. The van der Waals surface area contributed by atoms with E-state index < -0.39 is 40.8 Å². The number of fused-ring (bicyclic) bond motifs is 1. The van der Waals surface area contributed by atoms with Crippen molar-refractivity contribution < 1.29 is 27.1 Å². The SMILES string of the molecule is O=C(NC1CCOc2ccc(F)cc21)c1ccc(F)c(F)c1F. The smallest absolute Gasteiger partial charge is 0.254 e. The molecule has 0 bridgehead atoms. The van der Waals surface area contributed by atoms with Crippen LogP contribution in [0.15, 0.2) is 30.3 Å². The standard InChI is InChI=1S/C16H11F4NO2/c17-8-1-4-13-10(7-8)12(5-6-23-13)21-16(22)9-2-3-11(18)15(20)14(9)19/h1-4,7,12H,5-6H2,(H,21,22). The summed E-state index contributed by atoms with van der Waals surface area (Å²) < 4.78 is 58.5. The molecule has 1 aliphatic heterocycles. The summed E-state index contributed by atoms with van der Waals surface area (Å²) in [5.74, 6) is -5.66. The van der Waals surface area contributed by atoms with E-state index in [4.69, 9.17) is 4.74 Å². The molecule has 1 amide bonds. The summed E-state index contributed by atoms with van der Waals surface area (Å²) in [6.07, 6.45) is 0.341. The van der Waals surface area contributed by atoms with Crippen molar-refractivity contribution in [2.24, 2.45) is 0 Å². The molecule has 0 saturated carbocycles. The zero-order valence-electron chi connectivity index (χ0n) is 11.7. The summed E-state index contributed by atoms with van der Waals surface area (Å²) in [6, 6.07) is 4.77. The summed E-state index contributed by atoms with van der Waals surface area (Å²) in [6.45, 7) is 0.282. The molecule has 23 heavy (non-hydrogen) atoms. The van der Waals surface area contributed by atoms with E-state index >= 15 is 0 Å². The van der Waals surface area contributed by atoms with Crippen molar-refractivity contribution in [1.29, 1.82) is 0 Å². The number of ether oxygens (including phenoxy) is 1. The van der Waals surface area contributed by atoms with Gasteiger partial charge in [0, 0.05) is 12.0 Å². The largest absolute Gasteiger partial charge is 0.493 e. The number of nitrogens with one attached hydrogen (secondary N) is 1. The molecule has 3 rings (SSSR count). The second-order valence-corrected chi connectivity index (χ2v) is 5.07. The molecular formula is C16H11F4NO2. The van der Waals surface area contributed by atoms with Crippen molar-refractivity contribution in [2.45, 2.75) is 12.5 Å². The molecule has 1 N–H and O–H groups in total. The zero-order valence-corrected chi connectivity index (χ0v) is 11.7. The molecule has 0 aromatic heterocycles. The highest BCUT2D eigenvalue weighted by Crippen LogP contribution is 2.32. The van der Waals surface area contributed by atoms with Crippen LogP contribution in [-0.2, 0) is 0 Å². The van der Waals surface area contributed by atoms with Gasteiger partial charge in [0.1, 0.15) is 11.6 Å². The molecule has 1 heterocycles. The number of carbonyl (C=O) groups excluding carboxylic acids is 1. The van der Waals surface area contributed by atoms with Crippen molar-refractivity contribution in [1.82, 2.24) is 5.32 Å². The van der Waals surface area contributed by atoms with Crippen LogP contribution in [0.2, 0.25) is 0 Å². The van der Waals surface area contributed by atoms with Gasteiger partial charge in [0.05, 0.1) is 18.2 Å². The first kappa shape index (κ1) is 15.3. The molecule has 0 fully saturated rings. The third-order valence-electron chi connectivity index (χ3n) is 3.60. The van der Waals surface area contributed by atoms with Gasteiger partial charge >= 0.3 is 0 Å². The van der Waals surface area contributed by atoms with Gasteiger partial charge in [-0.05, 0) is 30.3 Å². The summed E-state index contributed by atoms with van der Waals surface area (Å²) >= 11 is 0. The fourth-order valence-corrected chi connectivity index (χ4v) is 2.45. The molecular weight excluding hydrogens is 314 g/mol. The number of amides is 1. The Morgan fingerprint density at radius 1 is 1.09 bits per heavy atom. The van der Waals surface area contributed by atoms with Gasteiger partial charge in [0.15, 0.2) is 17.5 Å². The first-order valence-corrected chi connectivity index (χ1v) is 6.84. The van der Waals surface area contributed by atoms with Gasteiger partial charge < -0.3 is 10.1 Å². The maximum absolute atomic E-state index is 13.7. The fraction of sp³-hybridized carbons (Fsp3) is 0.188. The van der Waals surface area contributed by atoms with Crippen LogP contribution < -0.4 is 10.1 Å². The van der Waals surface area contributed by atoms with Crippen molar-refractivity contribution in [2.75, 3.05) is 6.61 Å². The molecule has 0 saturated heterocycles. The van der Waals surface area contributed by atoms with Crippen LogP contribution in [0, 0.1) is 23.3 Å². The van der Waals surface area contributed by atoms with Crippen molar-refractivity contribution in [3.63, 3.8) is 0 Å². The van der Waals surface area contributed by atoms with Gasteiger partial charge in [-0.2, -0.15) is 0 Å². The highest BCUT2D eigenvalue weighted by atomic mass is 19.2. The van der Waals surface area contributed by atoms with E-state index in [2.05, 4.69) is 5.32 Å². The van der Waals surface area contributed by atoms with Gasteiger partial charge in [-0.3, -0.25) is 4.79 Å². The van der Waals surface area contributed by atoms with E-state index in [-0.39, 0.29) is 6.61 Å². The molecule has 2 aromatic carbocycles. The minimum absolute atomic E-state index is 0.282. The van der Waals surface area contributed by atoms with E-state index in [0.717, 1.165) is 6.07 Å². The van der Waals surface area contributed by atoms with Crippen LogP contribution in [0.1, 0.15) is 28.4 Å². The van der Waals surface area contributed by atoms with E-state index in [9.17, 15) is 22.4 Å². The Morgan fingerprint density at radius 3 is 2.65 bits per heavy atom. The Hall–Kier alpha value is -2.57. The highest BCUT2D eigenvalue weighted by molar-refractivity contribution is 5.94. The summed E-state index contributed by atoms with van der Waals surface area (Å²) in [7, 11) is 0. The second kappa shape index (κ2) is 5.91. The predicted molar refractivity (Wildman–Crippen MR) is 73.0 cm³/mol. The van der Waals surface area contributed by atoms with Crippen molar-refractivity contribution >= 4 is 5.91 Å². The normalized spacial score (nSPS) is 16.4. The third-order valence-corrected chi connectivity index (χ3v) is 3.60. The number of carbonyl (C=O) groups is 1. The monoisotopic (exact) mass is 325 g/mol. The maximum atomic E-state index is 13.7. The first-order valence-electron chi connectivity index (χ1n) is 6.84. The lowest BCUT2D eigenvalue weighted by atomic mass is 10.00. The van der Waals surface area contributed by atoms with Gasteiger partial charge in [0.25, 0.3) is 5.91 Å². The van der Waals surface area contributed by atoms with Crippen LogP contribution in [-0.4, -0.2) is 12.5 Å². The Labute approximate surface area is 128 Å². The van der Waals surface area contributed by atoms with E-state index in [0.29, 0.717) is 23.8 Å². The number of halogens is 4. The van der Waals surface area contributed by atoms with E-state index in [1.54, 1.807) is 0 Å². The fourth-order valence-electron chi connectivity index (χ4n) is 2.45. The Kier molecular flexibility index (Phi) is 3.94. The summed E-state index contributed by atoms with van der Waals surface area (Å²) in [5, 5.41) is 2.49. The summed E-state index contributed by atoms with van der Waals surface area (Å²) in [5.41, 5.74) is -0.207. The lowest BCUT2D eigenvalue weighted by Gasteiger charge is -2.26. The average Bonchev–Trinajstić information content (AvgIpc) is 2.53. The van der Waals surface area contributed by atoms with Crippen molar-refractivity contribution in [3.05, 3.63) is 64.7 Å². The molecule has 7 heteroatoms. The number of rotatable bonds is 2. The van der Waals surface area contributed by atoms with Gasteiger partial charge in [0.2, 0.25) is 0 Å². The topological polar surface area (TPSA) is 38.3 Å². The van der Waals surface area contributed by atoms with Crippen LogP contribution >= 0.6 is 0 Å². The molecule has 3 nitrogen and oxygen atoms in total. The molecule has 1 aliphatic rings. The lowest BCUT2D eigenvalue weighted by Crippen LogP contribution is -2.33. The maximum Gasteiger partial charge on any atom is 0.254 e. The van der Waals surface area contributed by atoms with Crippen LogP contribution in [0.25, 0.3) is 0 Å². The second-order valence-electron chi connectivity index (χ2n) is 5.07. The lowest BCUT2D eigenvalue weighted by molar-refractivity contribution is 0.0919. The van der Waals surface area contributed by atoms with E-state index in [1.807, 2.05) is 0 Å². The Bertz CT molecular complexity index is 779. The quantitative estimate of drug-likeness (QED) is 0.678. The van der Waals surface area contributed by atoms with Crippen LogP contribution in [0.5, 0.6) is 5.75 Å². The van der Waals surface area contributed by atoms with Gasteiger partial charge in [-0.1, -0.05) is 0 Å². The zero-order chi connectivity index (χ0) is 16.6. The Balaban J connectivity index is 1.88. The molecule has 0 spiro atoms. The van der Waals surface area contributed by atoms with E-state index in [1.165, 1.54) is 18.2 Å². The molecule has 1 unspecified atom stereocenters. The van der Waals surface area contributed by atoms with Gasteiger partial charge in [-0.25, -0.2) is 17.6 Å². The average molecular weight is 325 g/mol. The third kappa shape index (κ3) is 2.86. The van der Waals surface area contributed by atoms with Crippen molar-refractivity contribution in [3.8, 4) is 5.75 Å². The van der Waals surface area contributed by atoms with Gasteiger partial charge in [-0.15, -0.1) is 0 Å². The number of hydrogen-bond donors (Lipinski definition) is 1. The molecule has 0 aliphatic carbocycles. The minimum atomic E-state index is -1.71. The molecule has 1 atom stereocenters.